The van der Waals surface area contributed by atoms with Crippen LogP contribution in [0.2, 0.25) is 0 Å². The molecule has 0 atom stereocenters. The fourth-order valence-electron chi connectivity index (χ4n) is 6.18. The van der Waals surface area contributed by atoms with Gasteiger partial charge in [-0.25, -0.2) is 8.42 Å². The van der Waals surface area contributed by atoms with E-state index in [-0.39, 0.29) is 38.7 Å². The second-order valence-corrected chi connectivity index (χ2v) is 20.5. The van der Waals surface area contributed by atoms with E-state index < -0.39 is 10.1 Å². The van der Waals surface area contributed by atoms with E-state index in [1.54, 1.807) is 5.30 Å². The standard InChI is InChI=1S/C29H45P.C12H10N.CH4O3S.Pd/c1-19(2)22-17-24(20(3)4)27(25(18-22)21(5)6)23-15-13-14-16-26(23)30(28(7,8)9)29(10,11)12;13-12-9-5-4-8-11(12)10-6-2-1-3-7-10;1-5(2,3)4;/h13-21H,1-12H3;1-6,8-9H,13H2;1H3,(H,2,3,4);/q;-1;;+2/p-1. The molecule has 4 aromatic carbocycles. The summed E-state index contributed by atoms with van der Waals surface area (Å²) in [5.41, 5.74) is 16.2. The topological polar surface area (TPSA) is 83.2 Å². The Morgan fingerprint density at radius 3 is 1.51 bits per heavy atom. The van der Waals surface area contributed by atoms with E-state index in [4.69, 9.17) is 18.7 Å². The molecule has 49 heavy (non-hydrogen) atoms. The van der Waals surface area contributed by atoms with E-state index >= 15 is 0 Å². The van der Waals surface area contributed by atoms with E-state index in [2.05, 4.69) is 126 Å². The average molecular weight is 794 g/mol. The van der Waals surface area contributed by atoms with Gasteiger partial charge in [-0.05, 0) is 72.9 Å². The molecule has 0 amide bonds. The number of nitrogen functional groups attached to an aromatic ring is 1. The summed E-state index contributed by atoms with van der Waals surface area (Å²) in [6.07, 6.45) is 0.604. The summed E-state index contributed by atoms with van der Waals surface area (Å²) >= 11 is 0. The minimum Gasteiger partial charge on any atom is -0.748 e. The number of nitrogens with two attached hydrogens (primary N) is 1. The van der Waals surface area contributed by atoms with Crippen molar-refractivity contribution in [2.24, 2.45) is 0 Å². The maximum Gasteiger partial charge on any atom is 2.00 e. The number of benzene rings is 4. The zero-order valence-corrected chi connectivity index (χ0v) is 35.1. The summed E-state index contributed by atoms with van der Waals surface area (Å²) in [6, 6.07) is 33.1. The Morgan fingerprint density at radius 1 is 0.694 bits per heavy atom. The van der Waals surface area contributed by atoms with Gasteiger partial charge < -0.3 is 10.3 Å². The van der Waals surface area contributed by atoms with E-state index in [1.165, 1.54) is 27.8 Å². The molecule has 4 rings (SSSR count). The van der Waals surface area contributed by atoms with Crippen LogP contribution >= 0.6 is 7.92 Å². The Kier molecular flexibility index (Phi) is 17.1. The molecule has 270 valence electrons. The van der Waals surface area contributed by atoms with Gasteiger partial charge in [0, 0.05) is 6.26 Å². The first-order chi connectivity index (χ1) is 22.0. The largest absolute Gasteiger partial charge is 2.00 e. The SMILES string of the molecule is CC(C)c1cc(C(C)C)c(-c2ccccc2P(C(C)(C)C)C(C)(C)C)c(C(C)C)c1.CS(=O)(=O)[O-].Nc1ccccc1-c1[c-]cccc1.[Pd+2]. The molecule has 0 heterocycles. The molecular formula is C42H58NO3PPdS. The van der Waals surface area contributed by atoms with Crippen molar-refractivity contribution in [3.63, 3.8) is 0 Å². The van der Waals surface area contributed by atoms with Crippen molar-refractivity contribution >= 4 is 29.0 Å². The van der Waals surface area contributed by atoms with E-state index in [1.807, 2.05) is 48.5 Å². The van der Waals surface area contributed by atoms with Gasteiger partial charge in [0.25, 0.3) is 0 Å². The Labute approximate surface area is 313 Å². The van der Waals surface area contributed by atoms with Crippen LogP contribution in [0.25, 0.3) is 22.3 Å². The zero-order valence-electron chi connectivity index (χ0n) is 31.8. The molecule has 7 heteroatoms. The van der Waals surface area contributed by atoms with Crippen molar-refractivity contribution in [1.82, 2.24) is 0 Å². The molecule has 0 radical (unpaired) electrons. The predicted octanol–water partition coefficient (Wildman–Crippen LogP) is 11.3. The number of rotatable bonds is 6. The van der Waals surface area contributed by atoms with E-state index in [0.717, 1.165) is 16.8 Å². The molecule has 0 saturated heterocycles. The molecule has 0 spiro atoms. The number of anilines is 1. The Bertz CT molecular complexity index is 1670. The van der Waals surface area contributed by atoms with Crippen molar-refractivity contribution in [1.29, 1.82) is 0 Å². The van der Waals surface area contributed by atoms with Crippen LogP contribution in [-0.4, -0.2) is 29.5 Å². The van der Waals surface area contributed by atoms with Gasteiger partial charge in [-0.2, -0.15) is 0 Å². The molecule has 0 aliphatic carbocycles. The predicted molar refractivity (Wildman–Crippen MR) is 211 cm³/mol. The van der Waals surface area contributed by atoms with Crippen LogP contribution in [0.1, 0.15) is 118 Å². The molecule has 2 N–H and O–H groups in total. The molecule has 4 nitrogen and oxygen atoms in total. The van der Waals surface area contributed by atoms with Crippen molar-refractivity contribution in [2.75, 3.05) is 12.0 Å². The Hall–Kier alpha value is -2.32. The first-order valence-corrected chi connectivity index (χ1v) is 20.0. The summed E-state index contributed by atoms with van der Waals surface area (Å²) in [7, 11) is -4.28. The summed E-state index contributed by atoms with van der Waals surface area (Å²) in [4.78, 5) is 0. The second-order valence-electron chi connectivity index (χ2n) is 15.3. The first-order valence-electron chi connectivity index (χ1n) is 16.8. The number of hydrogen-bond donors (Lipinski definition) is 1. The van der Waals surface area contributed by atoms with Crippen LogP contribution in [0.15, 0.2) is 84.9 Å². The van der Waals surface area contributed by atoms with Crippen LogP contribution in [0.4, 0.5) is 5.69 Å². The van der Waals surface area contributed by atoms with Gasteiger partial charge in [-0.1, -0.05) is 151 Å². The van der Waals surface area contributed by atoms with Crippen LogP contribution in [0.5, 0.6) is 0 Å². The summed E-state index contributed by atoms with van der Waals surface area (Å²) in [5, 5.41) is 2.06. The van der Waals surface area contributed by atoms with Crippen molar-refractivity contribution in [2.45, 2.75) is 111 Å². The third kappa shape index (κ3) is 13.7. The normalized spacial score (nSPS) is 11.9. The van der Waals surface area contributed by atoms with Gasteiger partial charge in [-0.3, -0.25) is 0 Å². The van der Waals surface area contributed by atoms with E-state index in [9.17, 15) is 0 Å². The molecule has 4 aromatic rings. The van der Waals surface area contributed by atoms with Crippen LogP contribution in [0.3, 0.4) is 0 Å². The molecule has 0 aromatic heterocycles. The van der Waals surface area contributed by atoms with Gasteiger partial charge in [0.1, 0.15) is 0 Å². The van der Waals surface area contributed by atoms with Gasteiger partial charge >= 0.3 is 20.4 Å². The molecular weight excluding hydrogens is 736 g/mol. The quantitative estimate of drug-likeness (QED) is 0.0693. The monoisotopic (exact) mass is 793 g/mol. The van der Waals surface area contributed by atoms with E-state index in [0.29, 0.717) is 24.0 Å². The fraction of sp³-hybridized carbons (Fsp3) is 0.429. The third-order valence-corrected chi connectivity index (χ3v) is 11.4. The summed E-state index contributed by atoms with van der Waals surface area (Å²) in [6.45, 7) is 28.6. The fourth-order valence-corrected chi connectivity index (χ4v) is 10.3. The third-order valence-electron chi connectivity index (χ3n) is 7.85. The average Bonchev–Trinajstić information content (AvgIpc) is 2.95. The summed E-state index contributed by atoms with van der Waals surface area (Å²) < 4.78 is 27.2. The van der Waals surface area contributed by atoms with Gasteiger partial charge in [-0.15, -0.1) is 35.9 Å². The summed E-state index contributed by atoms with van der Waals surface area (Å²) in [5.74, 6) is 1.55. The molecule has 0 aliphatic heterocycles. The molecule has 0 bridgehead atoms. The smallest absolute Gasteiger partial charge is 0.748 e. The Morgan fingerprint density at radius 2 is 1.12 bits per heavy atom. The van der Waals surface area contributed by atoms with Crippen LogP contribution in [-0.2, 0) is 30.5 Å². The van der Waals surface area contributed by atoms with Gasteiger partial charge in [0.2, 0.25) is 0 Å². The van der Waals surface area contributed by atoms with Crippen molar-refractivity contribution < 1.29 is 33.4 Å². The minimum absolute atomic E-state index is 0. The second kappa shape index (κ2) is 18.8. The van der Waals surface area contributed by atoms with Crippen LogP contribution < -0.4 is 11.0 Å². The molecule has 0 aliphatic rings. The van der Waals surface area contributed by atoms with Gasteiger partial charge in [0.05, 0.1) is 10.1 Å². The first kappa shape index (κ1) is 44.7. The minimum atomic E-state index is -3.92. The van der Waals surface area contributed by atoms with Crippen molar-refractivity contribution in [3.05, 3.63) is 108 Å². The maximum atomic E-state index is 9.08. The van der Waals surface area contributed by atoms with Crippen molar-refractivity contribution in [3.8, 4) is 22.3 Å². The van der Waals surface area contributed by atoms with Gasteiger partial charge in [0.15, 0.2) is 0 Å². The van der Waals surface area contributed by atoms with Crippen LogP contribution in [0, 0.1) is 6.07 Å². The molecule has 0 fully saturated rings. The number of para-hydroxylation sites is 1. The number of hydrogen-bond acceptors (Lipinski definition) is 4. The Balaban J connectivity index is 0.000000517. The molecule has 0 saturated carbocycles. The zero-order chi connectivity index (χ0) is 36.6. The molecule has 0 unspecified atom stereocenters. The maximum absolute atomic E-state index is 9.08.